The number of rotatable bonds is 8. The summed E-state index contributed by atoms with van der Waals surface area (Å²) in [6.45, 7) is -0.807. The number of aromatic nitrogens is 1. The monoisotopic (exact) mass is 345 g/mol. The van der Waals surface area contributed by atoms with Crippen LogP contribution in [0.4, 0.5) is 0 Å². The van der Waals surface area contributed by atoms with Crippen LogP contribution in [0.1, 0.15) is 0 Å². The lowest BCUT2D eigenvalue weighted by Crippen LogP contribution is -2.37. The Labute approximate surface area is 144 Å². The van der Waals surface area contributed by atoms with Crippen LogP contribution >= 0.6 is 0 Å². The van der Waals surface area contributed by atoms with Crippen molar-refractivity contribution >= 4 is 11.1 Å². The van der Waals surface area contributed by atoms with Crippen molar-refractivity contribution in [2.75, 3.05) is 19.8 Å². The van der Waals surface area contributed by atoms with E-state index in [-0.39, 0.29) is 13.2 Å². The van der Waals surface area contributed by atoms with Crippen LogP contribution in [0.25, 0.3) is 22.6 Å². The fraction of sp³-hybridized carbons (Fsp3) is 0.278. The summed E-state index contributed by atoms with van der Waals surface area (Å²) in [5.74, 6) is 0.751. The van der Waals surface area contributed by atoms with Gasteiger partial charge >= 0.3 is 0 Å². The molecule has 0 aliphatic heterocycles. The highest BCUT2D eigenvalue weighted by Crippen LogP contribution is 2.32. The van der Waals surface area contributed by atoms with Crippen LogP contribution in [-0.2, 0) is 4.74 Å². The highest BCUT2D eigenvalue weighted by molar-refractivity contribution is 5.77. The molecule has 0 spiro atoms. The number of benzene rings is 2. The van der Waals surface area contributed by atoms with Gasteiger partial charge in [-0.15, -0.1) is 0 Å². The molecule has 0 amide bonds. The zero-order valence-corrected chi connectivity index (χ0v) is 13.4. The van der Waals surface area contributed by atoms with E-state index in [1.807, 2.05) is 30.3 Å². The molecule has 0 unspecified atom stereocenters. The molecule has 0 aliphatic carbocycles. The molecule has 3 N–H and O–H groups in total. The van der Waals surface area contributed by atoms with Gasteiger partial charge in [0, 0.05) is 0 Å². The standard InChI is InChI=1S/C18H19NO6/c20-9-10-23-18(14(22)11-21)25-15-7-3-1-5-12(15)17-19-13-6-2-4-8-16(13)24-17/h1-8,14,18,20-22H,9-11H2/t14-,18+/m1/s1. The molecular weight excluding hydrogens is 326 g/mol. The van der Waals surface area contributed by atoms with E-state index < -0.39 is 19.0 Å². The normalized spacial score (nSPS) is 13.7. The minimum Gasteiger partial charge on any atom is -0.461 e. The van der Waals surface area contributed by atoms with E-state index in [1.54, 1.807) is 18.2 Å². The van der Waals surface area contributed by atoms with Gasteiger partial charge in [-0.1, -0.05) is 24.3 Å². The van der Waals surface area contributed by atoms with Crippen molar-refractivity contribution in [2.45, 2.75) is 12.4 Å². The minimum atomic E-state index is -1.26. The van der Waals surface area contributed by atoms with Crippen molar-refractivity contribution in [3.8, 4) is 17.2 Å². The van der Waals surface area contributed by atoms with Crippen molar-refractivity contribution in [3.63, 3.8) is 0 Å². The molecule has 1 heterocycles. The molecule has 132 valence electrons. The van der Waals surface area contributed by atoms with Gasteiger partial charge in [-0.2, -0.15) is 0 Å². The minimum absolute atomic E-state index is 0.0349. The van der Waals surface area contributed by atoms with Gasteiger partial charge in [-0.3, -0.25) is 0 Å². The molecule has 2 aromatic carbocycles. The van der Waals surface area contributed by atoms with E-state index in [1.165, 1.54) is 0 Å². The van der Waals surface area contributed by atoms with Crippen LogP contribution < -0.4 is 4.74 Å². The third-order valence-corrected chi connectivity index (χ3v) is 3.53. The van der Waals surface area contributed by atoms with Gasteiger partial charge in [0.25, 0.3) is 0 Å². The Balaban J connectivity index is 1.91. The van der Waals surface area contributed by atoms with Crippen LogP contribution in [0.3, 0.4) is 0 Å². The predicted molar refractivity (Wildman–Crippen MR) is 90.0 cm³/mol. The average Bonchev–Trinajstić information content (AvgIpc) is 3.08. The van der Waals surface area contributed by atoms with Crippen LogP contribution in [0.15, 0.2) is 52.9 Å². The molecule has 7 heteroatoms. The number of hydrogen-bond acceptors (Lipinski definition) is 7. The summed E-state index contributed by atoms with van der Waals surface area (Å²) in [5.41, 5.74) is 1.95. The molecule has 3 rings (SSSR count). The largest absolute Gasteiger partial charge is 0.461 e. The summed E-state index contributed by atoms with van der Waals surface area (Å²) in [6, 6.07) is 14.4. The van der Waals surface area contributed by atoms with Crippen molar-refractivity contribution in [1.29, 1.82) is 0 Å². The molecule has 25 heavy (non-hydrogen) atoms. The van der Waals surface area contributed by atoms with E-state index in [2.05, 4.69) is 4.98 Å². The first-order valence-corrected chi connectivity index (χ1v) is 7.86. The zero-order chi connectivity index (χ0) is 17.6. The van der Waals surface area contributed by atoms with Crippen LogP contribution in [0, 0.1) is 0 Å². The molecule has 7 nitrogen and oxygen atoms in total. The number of ether oxygens (including phenoxy) is 2. The Morgan fingerprint density at radius 1 is 1.04 bits per heavy atom. The predicted octanol–water partition coefficient (Wildman–Crippen LogP) is 1.56. The van der Waals surface area contributed by atoms with Gasteiger partial charge in [0.1, 0.15) is 17.4 Å². The van der Waals surface area contributed by atoms with E-state index >= 15 is 0 Å². The lowest BCUT2D eigenvalue weighted by Gasteiger charge is -2.23. The number of fused-ring (bicyclic) bond motifs is 1. The van der Waals surface area contributed by atoms with Gasteiger partial charge in [0.05, 0.1) is 25.4 Å². The second kappa shape index (κ2) is 8.09. The third-order valence-electron chi connectivity index (χ3n) is 3.53. The van der Waals surface area contributed by atoms with Gasteiger partial charge in [-0.25, -0.2) is 4.98 Å². The topological polar surface area (TPSA) is 105 Å². The van der Waals surface area contributed by atoms with Gasteiger partial charge in [-0.05, 0) is 24.3 Å². The molecular formula is C18H19NO6. The second-order valence-electron chi connectivity index (χ2n) is 5.31. The molecule has 0 aliphatic rings. The van der Waals surface area contributed by atoms with Crippen LogP contribution in [0.2, 0.25) is 0 Å². The second-order valence-corrected chi connectivity index (χ2v) is 5.31. The summed E-state index contributed by atoms with van der Waals surface area (Å²) < 4.78 is 16.7. The highest BCUT2D eigenvalue weighted by atomic mass is 16.7. The molecule has 0 radical (unpaired) electrons. The van der Waals surface area contributed by atoms with E-state index in [4.69, 9.17) is 24.1 Å². The Kier molecular flexibility index (Phi) is 5.62. The molecule has 0 fully saturated rings. The SMILES string of the molecule is OCCO[C@@H](Oc1ccccc1-c1nc2ccccc2o1)[C@H](O)CO. The maximum absolute atomic E-state index is 9.86. The first-order valence-electron chi connectivity index (χ1n) is 7.86. The summed E-state index contributed by atoms with van der Waals surface area (Å²) in [7, 11) is 0. The first-order chi connectivity index (χ1) is 12.2. The van der Waals surface area contributed by atoms with Crippen molar-refractivity contribution in [1.82, 2.24) is 4.98 Å². The summed E-state index contributed by atoms with van der Waals surface area (Å²) in [5, 5.41) is 27.9. The fourth-order valence-electron chi connectivity index (χ4n) is 2.34. The maximum Gasteiger partial charge on any atom is 0.231 e. The molecule has 0 saturated carbocycles. The Hall–Kier alpha value is -2.45. The summed E-state index contributed by atoms with van der Waals surface area (Å²) >= 11 is 0. The van der Waals surface area contributed by atoms with Crippen molar-refractivity contribution < 1.29 is 29.2 Å². The number of aliphatic hydroxyl groups is 3. The molecule has 3 aromatic rings. The third kappa shape index (κ3) is 3.97. The molecule has 2 atom stereocenters. The quantitative estimate of drug-likeness (QED) is 0.532. The Morgan fingerprint density at radius 3 is 2.56 bits per heavy atom. The average molecular weight is 345 g/mol. The van der Waals surface area contributed by atoms with Gasteiger partial charge in [0.2, 0.25) is 12.2 Å². The van der Waals surface area contributed by atoms with Crippen molar-refractivity contribution in [2.24, 2.45) is 0 Å². The van der Waals surface area contributed by atoms with E-state index in [9.17, 15) is 5.11 Å². The number of nitrogens with zero attached hydrogens (tertiary/aromatic N) is 1. The van der Waals surface area contributed by atoms with Crippen molar-refractivity contribution in [3.05, 3.63) is 48.5 Å². The molecule has 0 bridgehead atoms. The highest BCUT2D eigenvalue weighted by Gasteiger charge is 2.23. The summed E-state index contributed by atoms with van der Waals surface area (Å²) in [4.78, 5) is 4.44. The number of oxazole rings is 1. The van der Waals surface area contributed by atoms with E-state index in [0.29, 0.717) is 22.8 Å². The number of aliphatic hydroxyl groups excluding tert-OH is 3. The van der Waals surface area contributed by atoms with Gasteiger partial charge < -0.3 is 29.2 Å². The van der Waals surface area contributed by atoms with Gasteiger partial charge in [0.15, 0.2) is 5.58 Å². The number of para-hydroxylation sites is 3. The van der Waals surface area contributed by atoms with Crippen LogP contribution in [0.5, 0.6) is 5.75 Å². The molecule has 1 aromatic heterocycles. The molecule has 0 saturated heterocycles. The number of hydrogen-bond donors (Lipinski definition) is 3. The zero-order valence-electron chi connectivity index (χ0n) is 13.4. The first kappa shape index (κ1) is 17.4. The smallest absolute Gasteiger partial charge is 0.231 e. The maximum atomic E-state index is 9.86. The Bertz CT molecular complexity index is 785. The summed E-state index contributed by atoms with van der Waals surface area (Å²) in [6.07, 6.45) is -2.40. The fourth-order valence-corrected chi connectivity index (χ4v) is 2.34. The lowest BCUT2D eigenvalue weighted by atomic mass is 10.2. The van der Waals surface area contributed by atoms with E-state index in [0.717, 1.165) is 5.52 Å². The lowest BCUT2D eigenvalue weighted by molar-refractivity contribution is -0.159. The van der Waals surface area contributed by atoms with Crippen LogP contribution in [-0.4, -0.2) is 52.5 Å². The Morgan fingerprint density at radius 2 is 1.80 bits per heavy atom.